The van der Waals surface area contributed by atoms with Gasteiger partial charge in [0.25, 0.3) is 0 Å². The standard InChI is InChI=1S/C28H27N3O7S/c1-36-21-11-9-20(10-12-21)30-28-31(16-17-4-13-22(37-2)23(14-17)38-3)25(32)15-24(39-28)26(33)29-19-7-5-18(6-8-19)27(34)35/h4-14,24H,15-16H2,1-3H3,(H,29,33)(H,34,35). The molecule has 1 heterocycles. The molecule has 0 aliphatic carbocycles. The van der Waals surface area contributed by atoms with E-state index in [9.17, 15) is 14.4 Å². The second kappa shape index (κ2) is 12.4. The van der Waals surface area contributed by atoms with Crippen molar-refractivity contribution in [2.24, 2.45) is 4.99 Å². The van der Waals surface area contributed by atoms with Crippen molar-refractivity contribution < 1.29 is 33.7 Å². The SMILES string of the molecule is COc1ccc(N=C2SC(C(=O)Nc3ccc(C(=O)O)cc3)CC(=O)N2Cc2ccc(OC)c(OC)c2)cc1. The van der Waals surface area contributed by atoms with Gasteiger partial charge in [-0.1, -0.05) is 17.8 Å². The lowest BCUT2D eigenvalue weighted by atomic mass is 10.1. The molecule has 0 aromatic heterocycles. The smallest absolute Gasteiger partial charge is 0.335 e. The van der Waals surface area contributed by atoms with E-state index >= 15 is 0 Å². The third-order valence-electron chi connectivity index (χ3n) is 5.92. The molecule has 1 unspecified atom stereocenters. The number of aromatic carboxylic acids is 1. The van der Waals surface area contributed by atoms with Crippen molar-refractivity contribution in [3.05, 3.63) is 77.9 Å². The summed E-state index contributed by atoms with van der Waals surface area (Å²) in [7, 11) is 4.66. The second-order valence-corrected chi connectivity index (χ2v) is 9.61. The van der Waals surface area contributed by atoms with Gasteiger partial charge in [-0.2, -0.15) is 0 Å². The van der Waals surface area contributed by atoms with Crippen LogP contribution in [0.4, 0.5) is 11.4 Å². The van der Waals surface area contributed by atoms with Gasteiger partial charge in [-0.15, -0.1) is 0 Å². The van der Waals surface area contributed by atoms with Gasteiger partial charge in [-0.25, -0.2) is 9.79 Å². The van der Waals surface area contributed by atoms with E-state index in [2.05, 4.69) is 5.32 Å². The number of nitrogens with one attached hydrogen (secondary N) is 1. The van der Waals surface area contributed by atoms with E-state index in [-0.39, 0.29) is 30.3 Å². The molecule has 10 nitrogen and oxygen atoms in total. The number of carboxylic acid groups (broad SMARTS) is 1. The quantitative estimate of drug-likeness (QED) is 0.398. The highest BCUT2D eigenvalue weighted by Gasteiger charge is 2.36. The molecule has 0 radical (unpaired) electrons. The van der Waals surface area contributed by atoms with Crippen molar-refractivity contribution in [3.8, 4) is 17.2 Å². The highest BCUT2D eigenvalue weighted by molar-refractivity contribution is 8.15. The monoisotopic (exact) mass is 549 g/mol. The summed E-state index contributed by atoms with van der Waals surface area (Å²) in [4.78, 5) is 43.8. The summed E-state index contributed by atoms with van der Waals surface area (Å²) >= 11 is 1.18. The van der Waals surface area contributed by atoms with Crippen LogP contribution in [0.15, 0.2) is 71.7 Å². The maximum absolute atomic E-state index is 13.4. The minimum Gasteiger partial charge on any atom is -0.497 e. The number of hydrogen-bond acceptors (Lipinski definition) is 8. The summed E-state index contributed by atoms with van der Waals surface area (Å²) in [5.41, 5.74) is 1.92. The fraction of sp³-hybridized carbons (Fsp3) is 0.214. The zero-order valence-corrected chi connectivity index (χ0v) is 22.4. The van der Waals surface area contributed by atoms with Crippen molar-refractivity contribution in [1.82, 2.24) is 4.90 Å². The van der Waals surface area contributed by atoms with Crippen LogP contribution in [0.3, 0.4) is 0 Å². The number of carbonyl (C=O) groups excluding carboxylic acids is 2. The Morgan fingerprint density at radius 2 is 1.67 bits per heavy atom. The van der Waals surface area contributed by atoms with E-state index < -0.39 is 11.2 Å². The van der Waals surface area contributed by atoms with Crippen molar-refractivity contribution in [3.63, 3.8) is 0 Å². The summed E-state index contributed by atoms with van der Waals surface area (Å²) < 4.78 is 15.9. The first-order chi connectivity index (χ1) is 18.8. The number of amides is 2. The second-order valence-electron chi connectivity index (χ2n) is 8.44. The fourth-order valence-electron chi connectivity index (χ4n) is 3.84. The average molecular weight is 550 g/mol. The first-order valence-corrected chi connectivity index (χ1v) is 12.7. The molecule has 1 aliphatic heterocycles. The van der Waals surface area contributed by atoms with Crippen LogP contribution in [0.1, 0.15) is 22.3 Å². The molecule has 1 saturated heterocycles. The van der Waals surface area contributed by atoms with Gasteiger partial charge < -0.3 is 24.6 Å². The summed E-state index contributed by atoms with van der Waals surface area (Å²) in [6, 6.07) is 18.3. The third kappa shape index (κ3) is 6.68. The Labute approximate surface area is 229 Å². The maximum atomic E-state index is 13.4. The van der Waals surface area contributed by atoms with E-state index in [4.69, 9.17) is 24.3 Å². The molecule has 0 spiro atoms. The highest BCUT2D eigenvalue weighted by Crippen LogP contribution is 2.33. The molecule has 11 heteroatoms. The number of carbonyl (C=O) groups is 3. The number of benzene rings is 3. The topological polar surface area (TPSA) is 127 Å². The number of methoxy groups -OCH3 is 3. The molecule has 3 aromatic carbocycles. The summed E-state index contributed by atoms with van der Waals surface area (Å²) in [6.07, 6.45) is -0.0430. The first kappa shape index (κ1) is 27.5. The number of nitrogens with zero attached hydrogens (tertiary/aromatic N) is 2. The van der Waals surface area contributed by atoms with Crippen LogP contribution in [0, 0.1) is 0 Å². The summed E-state index contributed by atoms with van der Waals surface area (Å²) in [6.45, 7) is 0.214. The number of carboxylic acids is 1. The molecule has 0 bridgehead atoms. The molecule has 0 saturated carbocycles. The molecule has 3 aromatic rings. The molecule has 2 N–H and O–H groups in total. The first-order valence-electron chi connectivity index (χ1n) is 11.9. The predicted octanol–water partition coefficient (Wildman–Crippen LogP) is 4.57. The Kier molecular flexibility index (Phi) is 8.72. The Balaban J connectivity index is 1.60. The van der Waals surface area contributed by atoms with Gasteiger partial charge in [0.15, 0.2) is 16.7 Å². The van der Waals surface area contributed by atoms with Crippen molar-refractivity contribution in [1.29, 1.82) is 0 Å². The summed E-state index contributed by atoms with van der Waals surface area (Å²) in [5, 5.41) is 11.5. The lowest BCUT2D eigenvalue weighted by Gasteiger charge is -2.32. The van der Waals surface area contributed by atoms with Crippen LogP contribution < -0.4 is 19.5 Å². The van der Waals surface area contributed by atoms with Gasteiger partial charge in [0, 0.05) is 12.1 Å². The van der Waals surface area contributed by atoms with Gasteiger partial charge in [-0.05, 0) is 66.2 Å². The van der Waals surface area contributed by atoms with Crippen LogP contribution in [0.2, 0.25) is 0 Å². The predicted molar refractivity (Wildman–Crippen MR) is 148 cm³/mol. The zero-order chi connectivity index (χ0) is 27.9. The van der Waals surface area contributed by atoms with E-state index in [0.29, 0.717) is 33.8 Å². The van der Waals surface area contributed by atoms with Crippen LogP contribution in [0.5, 0.6) is 17.2 Å². The Bertz CT molecular complexity index is 1390. The number of amidine groups is 1. The molecule has 4 rings (SSSR count). The summed E-state index contributed by atoms with van der Waals surface area (Å²) in [5.74, 6) is 0.0597. The third-order valence-corrected chi connectivity index (χ3v) is 7.11. The average Bonchev–Trinajstić information content (AvgIpc) is 2.95. The van der Waals surface area contributed by atoms with Gasteiger partial charge in [0.1, 0.15) is 11.0 Å². The number of ether oxygens (including phenoxy) is 3. The van der Waals surface area contributed by atoms with E-state index in [0.717, 1.165) is 5.56 Å². The van der Waals surface area contributed by atoms with Gasteiger partial charge in [0.05, 0.1) is 39.1 Å². The highest BCUT2D eigenvalue weighted by atomic mass is 32.2. The lowest BCUT2D eigenvalue weighted by Crippen LogP contribution is -2.44. The molecule has 1 atom stereocenters. The van der Waals surface area contributed by atoms with Crippen molar-refractivity contribution in [2.45, 2.75) is 18.2 Å². The van der Waals surface area contributed by atoms with E-state index in [1.165, 1.54) is 36.0 Å². The molecule has 39 heavy (non-hydrogen) atoms. The van der Waals surface area contributed by atoms with Crippen molar-refractivity contribution in [2.75, 3.05) is 26.6 Å². The molecule has 1 aliphatic rings. The molecular formula is C28H27N3O7S. The minimum absolute atomic E-state index is 0.0430. The lowest BCUT2D eigenvalue weighted by molar-refractivity contribution is -0.129. The number of anilines is 1. The Morgan fingerprint density at radius 1 is 0.974 bits per heavy atom. The Hall–Kier alpha value is -4.51. The fourth-order valence-corrected chi connectivity index (χ4v) is 4.94. The van der Waals surface area contributed by atoms with Crippen LogP contribution >= 0.6 is 11.8 Å². The van der Waals surface area contributed by atoms with E-state index in [1.54, 1.807) is 62.6 Å². The maximum Gasteiger partial charge on any atom is 0.335 e. The number of aliphatic imine (C=N–C) groups is 1. The zero-order valence-electron chi connectivity index (χ0n) is 21.5. The number of thioether (sulfide) groups is 1. The van der Waals surface area contributed by atoms with Crippen LogP contribution in [0.25, 0.3) is 0 Å². The minimum atomic E-state index is -1.06. The van der Waals surface area contributed by atoms with Crippen molar-refractivity contribution >= 4 is 46.1 Å². The van der Waals surface area contributed by atoms with Gasteiger partial charge in [0.2, 0.25) is 11.8 Å². The molecule has 2 amide bonds. The van der Waals surface area contributed by atoms with Crippen LogP contribution in [-0.2, 0) is 16.1 Å². The number of rotatable bonds is 9. The Morgan fingerprint density at radius 3 is 2.28 bits per heavy atom. The van der Waals surface area contributed by atoms with Gasteiger partial charge in [-0.3, -0.25) is 14.5 Å². The largest absolute Gasteiger partial charge is 0.497 e. The van der Waals surface area contributed by atoms with Gasteiger partial charge >= 0.3 is 5.97 Å². The normalized spacial score (nSPS) is 16.1. The van der Waals surface area contributed by atoms with E-state index in [1.807, 2.05) is 6.07 Å². The molecule has 1 fully saturated rings. The molecule has 202 valence electrons. The van der Waals surface area contributed by atoms with Crippen LogP contribution in [-0.4, -0.2) is 59.5 Å². The number of hydrogen-bond donors (Lipinski definition) is 2. The molecular weight excluding hydrogens is 522 g/mol.